The lowest BCUT2D eigenvalue weighted by atomic mass is 10.0. The zero-order valence-corrected chi connectivity index (χ0v) is 9.36. The maximum atomic E-state index is 10.9. The van der Waals surface area contributed by atoms with Gasteiger partial charge in [0.15, 0.2) is 0 Å². The zero-order valence-electron chi connectivity index (χ0n) is 9.36. The molecule has 0 bridgehead atoms. The van der Waals surface area contributed by atoms with Crippen molar-refractivity contribution in [3.05, 3.63) is 35.0 Å². The van der Waals surface area contributed by atoms with E-state index in [1.807, 2.05) is 0 Å². The molecule has 4 nitrogen and oxygen atoms in total. The Bertz CT molecular complexity index is 601. The minimum absolute atomic E-state index is 0.669. The molecular formula is C13H14N2O2. The Hall–Kier alpha value is -1.81. The zero-order chi connectivity index (χ0) is 12.0. The average molecular weight is 230 g/mol. The first kappa shape index (κ1) is 10.4. The van der Waals surface area contributed by atoms with Crippen LogP contribution in [0.5, 0.6) is 0 Å². The van der Waals surface area contributed by atoms with Gasteiger partial charge in [-0.25, -0.2) is 0 Å². The largest absolute Gasteiger partial charge is 0.480 e. The predicted molar refractivity (Wildman–Crippen MR) is 64.9 cm³/mol. The molecule has 2 aromatic rings. The highest BCUT2D eigenvalue weighted by Crippen LogP contribution is 2.30. The van der Waals surface area contributed by atoms with Crippen LogP contribution in [0.4, 0.5) is 0 Å². The number of H-pyrrole nitrogens is 1. The van der Waals surface area contributed by atoms with Gasteiger partial charge in [0.05, 0.1) is 0 Å². The maximum absolute atomic E-state index is 10.9. The molecule has 0 spiro atoms. The summed E-state index contributed by atoms with van der Waals surface area (Å²) in [6.45, 7) is 0. The molecule has 1 heterocycles. The summed E-state index contributed by atoms with van der Waals surface area (Å²) in [4.78, 5) is 14.0. The van der Waals surface area contributed by atoms with Gasteiger partial charge in [0, 0.05) is 22.7 Å². The number of aryl methyl sites for hydroxylation is 2. The molecule has 3 rings (SSSR count). The third-order valence-corrected chi connectivity index (χ3v) is 3.53. The van der Waals surface area contributed by atoms with Gasteiger partial charge in [-0.15, -0.1) is 0 Å². The first-order valence-corrected chi connectivity index (χ1v) is 5.78. The third kappa shape index (κ3) is 1.52. The van der Waals surface area contributed by atoms with Crippen LogP contribution in [0, 0.1) is 0 Å². The number of hydrogen-bond acceptors (Lipinski definition) is 2. The lowest BCUT2D eigenvalue weighted by Gasteiger charge is -2.06. The fourth-order valence-electron chi connectivity index (χ4n) is 2.61. The molecule has 4 N–H and O–H groups in total. The Kier molecular flexibility index (Phi) is 2.19. The Morgan fingerprint density at radius 3 is 2.76 bits per heavy atom. The molecule has 0 saturated heterocycles. The van der Waals surface area contributed by atoms with Crippen LogP contribution in [0.2, 0.25) is 0 Å². The van der Waals surface area contributed by atoms with E-state index in [0.717, 1.165) is 23.7 Å². The molecule has 0 fully saturated rings. The number of rotatable bonds is 2. The van der Waals surface area contributed by atoms with Crippen molar-refractivity contribution in [1.82, 2.24) is 4.98 Å². The van der Waals surface area contributed by atoms with E-state index in [9.17, 15) is 4.79 Å². The van der Waals surface area contributed by atoms with Gasteiger partial charge >= 0.3 is 5.97 Å². The topological polar surface area (TPSA) is 79.1 Å². The number of carboxylic acids is 1. The summed E-state index contributed by atoms with van der Waals surface area (Å²) < 4.78 is 0. The van der Waals surface area contributed by atoms with Crippen molar-refractivity contribution < 1.29 is 9.90 Å². The van der Waals surface area contributed by atoms with Gasteiger partial charge in [0.2, 0.25) is 0 Å². The van der Waals surface area contributed by atoms with E-state index in [1.54, 1.807) is 6.20 Å². The first-order valence-electron chi connectivity index (χ1n) is 5.78. The molecule has 0 saturated carbocycles. The normalized spacial score (nSPS) is 16.1. The molecule has 0 radical (unpaired) electrons. The SMILES string of the molecule is NC(C(=O)O)c1c[nH]c2cc3c(cc12)CCC3. The van der Waals surface area contributed by atoms with Crippen LogP contribution in [0.3, 0.4) is 0 Å². The summed E-state index contributed by atoms with van der Waals surface area (Å²) in [7, 11) is 0. The van der Waals surface area contributed by atoms with Crippen molar-refractivity contribution in [2.45, 2.75) is 25.3 Å². The molecule has 1 aromatic heterocycles. The lowest BCUT2D eigenvalue weighted by Crippen LogP contribution is -2.20. The Labute approximate surface area is 98.4 Å². The highest BCUT2D eigenvalue weighted by molar-refractivity contribution is 5.90. The van der Waals surface area contributed by atoms with Gasteiger partial charge in [-0.2, -0.15) is 0 Å². The van der Waals surface area contributed by atoms with Crippen molar-refractivity contribution in [2.75, 3.05) is 0 Å². The molecule has 1 unspecified atom stereocenters. The molecule has 0 amide bonds. The van der Waals surface area contributed by atoms with Gasteiger partial charge in [0.25, 0.3) is 0 Å². The summed E-state index contributed by atoms with van der Waals surface area (Å²) in [5.41, 5.74) is 10.0. The maximum Gasteiger partial charge on any atom is 0.325 e. The van der Waals surface area contributed by atoms with E-state index in [1.165, 1.54) is 17.5 Å². The quantitative estimate of drug-likeness (QED) is 0.735. The van der Waals surface area contributed by atoms with Crippen LogP contribution in [0.1, 0.15) is 29.2 Å². The van der Waals surface area contributed by atoms with E-state index in [2.05, 4.69) is 17.1 Å². The monoisotopic (exact) mass is 230 g/mol. The van der Waals surface area contributed by atoms with E-state index in [4.69, 9.17) is 10.8 Å². The second-order valence-corrected chi connectivity index (χ2v) is 4.58. The number of benzene rings is 1. The lowest BCUT2D eigenvalue weighted by molar-refractivity contribution is -0.138. The number of aromatic nitrogens is 1. The number of fused-ring (bicyclic) bond motifs is 2. The molecule has 1 aliphatic rings. The molecule has 4 heteroatoms. The molecule has 1 aliphatic carbocycles. The second-order valence-electron chi connectivity index (χ2n) is 4.58. The Balaban J connectivity index is 2.18. The fraction of sp³-hybridized carbons (Fsp3) is 0.308. The summed E-state index contributed by atoms with van der Waals surface area (Å²) in [5, 5.41) is 9.91. The van der Waals surface area contributed by atoms with Gasteiger partial charge in [-0.05, 0) is 42.5 Å². The standard InChI is InChI=1S/C13H14N2O2/c14-12(13(16)17)10-6-15-11-5-8-3-1-2-7(8)4-9(10)11/h4-6,12,15H,1-3,14H2,(H,16,17). The number of carboxylic acid groups (broad SMARTS) is 1. The fourth-order valence-corrected chi connectivity index (χ4v) is 2.61. The van der Waals surface area contributed by atoms with Crippen LogP contribution < -0.4 is 5.73 Å². The summed E-state index contributed by atoms with van der Waals surface area (Å²) in [5.74, 6) is -0.994. The number of nitrogens with two attached hydrogens (primary N) is 1. The highest BCUT2D eigenvalue weighted by Gasteiger charge is 2.20. The van der Waals surface area contributed by atoms with Crippen LogP contribution in [-0.2, 0) is 17.6 Å². The molecule has 17 heavy (non-hydrogen) atoms. The average Bonchev–Trinajstić information content (AvgIpc) is 2.89. The van der Waals surface area contributed by atoms with E-state index in [0.29, 0.717) is 5.56 Å². The molecule has 88 valence electrons. The number of hydrogen-bond donors (Lipinski definition) is 3. The van der Waals surface area contributed by atoms with Crippen LogP contribution >= 0.6 is 0 Å². The van der Waals surface area contributed by atoms with Crippen molar-refractivity contribution >= 4 is 16.9 Å². The highest BCUT2D eigenvalue weighted by atomic mass is 16.4. The molecule has 1 aromatic carbocycles. The summed E-state index contributed by atoms with van der Waals surface area (Å²) in [6.07, 6.45) is 5.09. The van der Waals surface area contributed by atoms with Gasteiger partial charge < -0.3 is 15.8 Å². The second kappa shape index (κ2) is 3.60. The summed E-state index contributed by atoms with van der Waals surface area (Å²) >= 11 is 0. The molecule has 0 aliphatic heterocycles. The van der Waals surface area contributed by atoms with Crippen molar-refractivity contribution in [3.63, 3.8) is 0 Å². The van der Waals surface area contributed by atoms with Crippen molar-refractivity contribution in [3.8, 4) is 0 Å². The van der Waals surface area contributed by atoms with Gasteiger partial charge in [0.1, 0.15) is 6.04 Å². The third-order valence-electron chi connectivity index (χ3n) is 3.53. The number of nitrogens with one attached hydrogen (secondary N) is 1. The van der Waals surface area contributed by atoms with Crippen LogP contribution in [0.25, 0.3) is 10.9 Å². The van der Waals surface area contributed by atoms with Crippen molar-refractivity contribution in [2.24, 2.45) is 5.73 Å². The number of aromatic amines is 1. The van der Waals surface area contributed by atoms with Crippen molar-refractivity contribution in [1.29, 1.82) is 0 Å². The molecular weight excluding hydrogens is 216 g/mol. The number of aliphatic carboxylic acids is 1. The Morgan fingerprint density at radius 2 is 2.06 bits per heavy atom. The predicted octanol–water partition coefficient (Wildman–Crippen LogP) is 1.74. The van der Waals surface area contributed by atoms with Crippen LogP contribution in [-0.4, -0.2) is 16.1 Å². The molecule has 1 atom stereocenters. The minimum Gasteiger partial charge on any atom is -0.480 e. The van der Waals surface area contributed by atoms with E-state index >= 15 is 0 Å². The first-order chi connectivity index (χ1) is 8.16. The minimum atomic E-state index is -0.994. The van der Waals surface area contributed by atoms with Gasteiger partial charge in [-0.3, -0.25) is 4.79 Å². The van der Waals surface area contributed by atoms with E-state index in [-0.39, 0.29) is 0 Å². The smallest absolute Gasteiger partial charge is 0.325 e. The summed E-state index contributed by atoms with van der Waals surface area (Å²) in [6, 6.07) is 3.25. The van der Waals surface area contributed by atoms with Gasteiger partial charge in [-0.1, -0.05) is 0 Å². The number of carbonyl (C=O) groups is 1. The van der Waals surface area contributed by atoms with Crippen LogP contribution in [0.15, 0.2) is 18.3 Å². The Morgan fingerprint density at radius 1 is 1.35 bits per heavy atom. The van der Waals surface area contributed by atoms with E-state index < -0.39 is 12.0 Å².